The summed E-state index contributed by atoms with van der Waals surface area (Å²) in [7, 11) is 0. The molecule has 1 aliphatic heterocycles. The molecular formula is C27H21NOS. The van der Waals surface area contributed by atoms with E-state index in [-0.39, 0.29) is 5.41 Å². The molecule has 0 N–H and O–H groups in total. The maximum Gasteiger partial charge on any atom is 0.143 e. The van der Waals surface area contributed by atoms with Crippen molar-refractivity contribution in [3.63, 3.8) is 0 Å². The van der Waals surface area contributed by atoms with Gasteiger partial charge in [0.15, 0.2) is 0 Å². The Labute approximate surface area is 180 Å². The molecule has 0 saturated carbocycles. The fraction of sp³-hybridized carbons (Fsp3) is 0.111. The Bertz CT molecular complexity index is 1400. The number of allylic oxidation sites excluding steroid dienone is 4. The highest BCUT2D eigenvalue weighted by atomic mass is 32.2. The van der Waals surface area contributed by atoms with Gasteiger partial charge in [-0.2, -0.15) is 0 Å². The molecule has 2 nitrogen and oxygen atoms in total. The van der Waals surface area contributed by atoms with Crippen molar-refractivity contribution in [3.05, 3.63) is 102 Å². The van der Waals surface area contributed by atoms with Crippen LogP contribution in [0, 0.1) is 5.41 Å². The monoisotopic (exact) mass is 407 g/mol. The van der Waals surface area contributed by atoms with E-state index in [1.165, 1.54) is 26.7 Å². The lowest BCUT2D eigenvalue weighted by Crippen LogP contribution is -2.04. The van der Waals surface area contributed by atoms with Crippen molar-refractivity contribution in [3.8, 4) is 11.4 Å². The summed E-state index contributed by atoms with van der Waals surface area (Å²) < 4.78 is 8.78. The Balaban J connectivity index is 1.65. The molecule has 30 heavy (non-hydrogen) atoms. The molecule has 3 heteroatoms. The van der Waals surface area contributed by atoms with Crippen LogP contribution in [0.5, 0.6) is 5.75 Å². The normalized spacial score (nSPS) is 17.0. The number of para-hydroxylation sites is 2. The van der Waals surface area contributed by atoms with Gasteiger partial charge in [0.1, 0.15) is 11.5 Å². The van der Waals surface area contributed by atoms with Gasteiger partial charge in [0.2, 0.25) is 0 Å². The molecule has 0 atom stereocenters. The summed E-state index contributed by atoms with van der Waals surface area (Å²) in [5.41, 5.74) is 3.60. The molecule has 1 aliphatic carbocycles. The average molecular weight is 408 g/mol. The van der Waals surface area contributed by atoms with Crippen LogP contribution in [0.25, 0.3) is 27.5 Å². The first-order valence-corrected chi connectivity index (χ1v) is 11.0. The van der Waals surface area contributed by atoms with Crippen LogP contribution in [-0.4, -0.2) is 4.57 Å². The molecule has 1 aromatic heterocycles. The molecule has 0 unspecified atom stereocenters. The minimum Gasteiger partial charge on any atom is -0.455 e. The van der Waals surface area contributed by atoms with E-state index < -0.39 is 0 Å². The highest BCUT2D eigenvalue weighted by Gasteiger charge is 2.26. The highest BCUT2D eigenvalue weighted by Crippen LogP contribution is 2.49. The standard InChI is InChI=1S/C27H21NOS/c1-27(2)16-14-22-24(15-17-27)30-26-23(29-22)13-12-20-19-10-6-7-11-21(19)28(25(20)26)18-8-4-3-5-9-18/h3-17H,1-2H3. The van der Waals surface area contributed by atoms with Crippen molar-refractivity contribution in [2.24, 2.45) is 5.41 Å². The Morgan fingerprint density at radius 3 is 2.43 bits per heavy atom. The first kappa shape index (κ1) is 17.7. The van der Waals surface area contributed by atoms with E-state index in [4.69, 9.17) is 4.74 Å². The molecule has 0 amide bonds. The Hall–Kier alpha value is -3.17. The SMILES string of the molecule is CC1(C)C=CC2=C(C=C1)Sc1c(ccc3c4ccccc4n(-c4ccccc4)c13)O2. The largest absolute Gasteiger partial charge is 0.455 e. The van der Waals surface area contributed by atoms with Gasteiger partial charge >= 0.3 is 0 Å². The van der Waals surface area contributed by atoms with E-state index in [0.717, 1.165) is 22.1 Å². The summed E-state index contributed by atoms with van der Waals surface area (Å²) in [5, 5.41) is 2.51. The summed E-state index contributed by atoms with van der Waals surface area (Å²) in [6.45, 7) is 4.42. The van der Waals surface area contributed by atoms with Gasteiger partial charge < -0.3 is 9.30 Å². The van der Waals surface area contributed by atoms with E-state index >= 15 is 0 Å². The molecule has 0 saturated heterocycles. The summed E-state index contributed by atoms with van der Waals surface area (Å²) in [6, 6.07) is 23.5. The fourth-order valence-electron chi connectivity index (χ4n) is 4.23. The predicted molar refractivity (Wildman–Crippen MR) is 126 cm³/mol. The number of fused-ring (bicyclic) bond motifs is 5. The van der Waals surface area contributed by atoms with Crippen molar-refractivity contribution >= 4 is 33.6 Å². The molecule has 6 rings (SSSR count). The quantitative estimate of drug-likeness (QED) is 0.322. The van der Waals surface area contributed by atoms with Crippen LogP contribution < -0.4 is 4.74 Å². The highest BCUT2D eigenvalue weighted by molar-refractivity contribution is 8.03. The summed E-state index contributed by atoms with van der Waals surface area (Å²) in [4.78, 5) is 2.32. The molecule has 4 aromatic rings. The van der Waals surface area contributed by atoms with E-state index in [1.54, 1.807) is 11.8 Å². The maximum absolute atomic E-state index is 6.41. The summed E-state index contributed by atoms with van der Waals surface area (Å²) in [6.07, 6.45) is 8.77. The second-order valence-electron chi connectivity index (χ2n) is 8.40. The predicted octanol–water partition coefficient (Wildman–Crippen LogP) is 7.63. The number of rotatable bonds is 1. The lowest BCUT2D eigenvalue weighted by molar-refractivity contribution is 0.430. The minimum absolute atomic E-state index is 0.0156. The molecule has 2 aliphatic rings. The molecule has 3 aromatic carbocycles. The van der Waals surface area contributed by atoms with Crippen LogP contribution in [0.4, 0.5) is 0 Å². The second-order valence-corrected chi connectivity index (χ2v) is 9.45. The lowest BCUT2D eigenvalue weighted by Gasteiger charge is -2.21. The molecule has 0 radical (unpaired) electrons. The van der Waals surface area contributed by atoms with Gasteiger partial charge in [0, 0.05) is 21.9 Å². The zero-order chi connectivity index (χ0) is 20.3. The van der Waals surface area contributed by atoms with Crippen LogP contribution in [-0.2, 0) is 0 Å². The molecule has 0 fully saturated rings. The molecule has 2 heterocycles. The van der Waals surface area contributed by atoms with Gasteiger partial charge in [0.05, 0.1) is 20.8 Å². The van der Waals surface area contributed by atoms with Gasteiger partial charge in [-0.1, -0.05) is 74.2 Å². The third-order valence-electron chi connectivity index (χ3n) is 5.77. The fourth-order valence-corrected chi connectivity index (χ4v) is 5.31. The molecule has 0 spiro atoms. The second kappa shape index (κ2) is 6.41. The average Bonchev–Trinajstić information content (AvgIpc) is 3.03. The third-order valence-corrected chi connectivity index (χ3v) is 6.93. The Morgan fingerprint density at radius 1 is 0.800 bits per heavy atom. The number of benzene rings is 3. The first-order chi connectivity index (χ1) is 14.6. The van der Waals surface area contributed by atoms with Crippen LogP contribution in [0.15, 0.2) is 107 Å². The summed E-state index contributed by atoms with van der Waals surface area (Å²) in [5.74, 6) is 1.85. The van der Waals surface area contributed by atoms with E-state index in [9.17, 15) is 0 Å². The number of aromatic nitrogens is 1. The first-order valence-electron chi connectivity index (χ1n) is 10.2. The maximum atomic E-state index is 6.41. The number of thioether (sulfide) groups is 1. The van der Waals surface area contributed by atoms with Crippen molar-refractivity contribution < 1.29 is 4.74 Å². The number of hydrogen-bond donors (Lipinski definition) is 0. The summed E-state index contributed by atoms with van der Waals surface area (Å²) >= 11 is 1.80. The molecular weight excluding hydrogens is 386 g/mol. The topological polar surface area (TPSA) is 14.2 Å². The Morgan fingerprint density at radius 2 is 1.57 bits per heavy atom. The van der Waals surface area contributed by atoms with E-state index in [2.05, 4.69) is 109 Å². The third kappa shape index (κ3) is 2.66. The Kier molecular flexibility index (Phi) is 3.78. The van der Waals surface area contributed by atoms with Gasteiger partial charge in [-0.05, 0) is 42.5 Å². The number of nitrogens with zero attached hydrogens (tertiary/aromatic N) is 1. The number of ether oxygens (including phenoxy) is 1. The lowest BCUT2D eigenvalue weighted by atomic mass is 9.93. The number of hydrogen-bond acceptors (Lipinski definition) is 2. The van der Waals surface area contributed by atoms with Crippen LogP contribution in [0.3, 0.4) is 0 Å². The minimum atomic E-state index is 0.0156. The zero-order valence-electron chi connectivity index (χ0n) is 16.9. The molecule has 146 valence electrons. The van der Waals surface area contributed by atoms with Crippen LogP contribution >= 0.6 is 11.8 Å². The van der Waals surface area contributed by atoms with Crippen molar-refractivity contribution in [1.82, 2.24) is 4.57 Å². The van der Waals surface area contributed by atoms with E-state index in [1.807, 2.05) is 0 Å². The van der Waals surface area contributed by atoms with Gasteiger partial charge in [-0.15, -0.1) is 0 Å². The van der Waals surface area contributed by atoms with Gasteiger partial charge in [0.25, 0.3) is 0 Å². The van der Waals surface area contributed by atoms with Crippen LogP contribution in [0.1, 0.15) is 13.8 Å². The smallest absolute Gasteiger partial charge is 0.143 e. The molecule has 0 bridgehead atoms. The van der Waals surface area contributed by atoms with Gasteiger partial charge in [-0.3, -0.25) is 0 Å². The van der Waals surface area contributed by atoms with Crippen molar-refractivity contribution in [1.29, 1.82) is 0 Å². The van der Waals surface area contributed by atoms with Crippen LogP contribution in [0.2, 0.25) is 0 Å². The van der Waals surface area contributed by atoms with E-state index in [0.29, 0.717) is 0 Å². The zero-order valence-corrected chi connectivity index (χ0v) is 17.7. The van der Waals surface area contributed by atoms with Crippen molar-refractivity contribution in [2.75, 3.05) is 0 Å². The van der Waals surface area contributed by atoms with Gasteiger partial charge in [-0.25, -0.2) is 0 Å². The van der Waals surface area contributed by atoms with Crippen molar-refractivity contribution in [2.45, 2.75) is 18.7 Å².